The van der Waals surface area contributed by atoms with E-state index >= 15 is 0 Å². The SMILES string of the molecule is CN1CCC(CNC(=O)c2cccc(C#CCO)c2)C1. The van der Waals surface area contributed by atoms with Gasteiger partial charge < -0.3 is 15.3 Å². The predicted molar refractivity (Wildman–Crippen MR) is 78.3 cm³/mol. The van der Waals surface area contributed by atoms with Crippen molar-refractivity contribution in [2.45, 2.75) is 6.42 Å². The molecule has 1 aliphatic heterocycles. The van der Waals surface area contributed by atoms with Crippen LogP contribution in [-0.2, 0) is 0 Å². The lowest BCUT2D eigenvalue weighted by Crippen LogP contribution is -2.30. The average Bonchev–Trinajstić information content (AvgIpc) is 2.88. The number of benzene rings is 1. The number of hydrogen-bond donors (Lipinski definition) is 2. The molecule has 0 spiro atoms. The summed E-state index contributed by atoms with van der Waals surface area (Å²) in [6.07, 6.45) is 1.14. The normalized spacial score (nSPS) is 18.4. The average molecular weight is 272 g/mol. The fourth-order valence-electron chi connectivity index (χ4n) is 2.41. The molecule has 1 aliphatic rings. The van der Waals surface area contributed by atoms with E-state index in [0.29, 0.717) is 11.5 Å². The Morgan fingerprint density at radius 2 is 2.40 bits per heavy atom. The molecule has 20 heavy (non-hydrogen) atoms. The van der Waals surface area contributed by atoms with Gasteiger partial charge >= 0.3 is 0 Å². The number of nitrogens with one attached hydrogen (secondary N) is 1. The van der Waals surface area contributed by atoms with Gasteiger partial charge in [-0.3, -0.25) is 4.79 Å². The Labute approximate surface area is 119 Å². The van der Waals surface area contributed by atoms with Gasteiger partial charge in [0.15, 0.2) is 0 Å². The number of carbonyl (C=O) groups is 1. The molecule has 1 aromatic rings. The van der Waals surface area contributed by atoms with Gasteiger partial charge in [0.1, 0.15) is 6.61 Å². The van der Waals surface area contributed by atoms with Gasteiger partial charge in [-0.05, 0) is 44.1 Å². The number of likely N-dealkylation sites (tertiary alicyclic amines) is 1. The van der Waals surface area contributed by atoms with Gasteiger partial charge in [0.2, 0.25) is 0 Å². The number of carbonyl (C=O) groups excluding carboxylic acids is 1. The third-order valence-corrected chi connectivity index (χ3v) is 3.48. The number of aliphatic hydroxyl groups is 1. The van der Waals surface area contributed by atoms with Crippen molar-refractivity contribution in [1.82, 2.24) is 10.2 Å². The highest BCUT2D eigenvalue weighted by atomic mass is 16.2. The molecule has 1 atom stereocenters. The molecule has 1 heterocycles. The monoisotopic (exact) mass is 272 g/mol. The van der Waals surface area contributed by atoms with Crippen molar-refractivity contribution in [2.75, 3.05) is 33.3 Å². The molecule has 4 nitrogen and oxygen atoms in total. The van der Waals surface area contributed by atoms with Crippen LogP contribution >= 0.6 is 0 Å². The van der Waals surface area contributed by atoms with Gasteiger partial charge in [0.25, 0.3) is 5.91 Å². The summed E-state index contributed by atoms with van der Waals surface area (Å²) in [7, 11) is 2.10. The second-order valence-corrected chi connectivity index (χ2v) is 5.17. The number of rotatable bonds is 3. The molecule has 0 radical (unpaired) electrons. The predicted octanol–water partition coefficient (Wildman–Crippen LogP) is 0.712. The number of hydrogen-bond acceptors (Lipinski definition) is 3. The van der Waals surface area contributed by atoms with Crippen molar-refractivity contribution >= 4 is 5.91 Å². The lowest BCUT2D eigenvalue weighted by atomic mass is 10.1. The molecule has 0 saturated carbocycles. The van der Waals surface area contributed by atoms with Crippen LogP contribution in [0, 0.1) is 17.8 Å². The van der Waals surface area contributed by atoms with Crippen LogP contribution in [0.5, 0.6) is 0 Å². The highest BCUT2D eigenvalue weighted by Crippen LogP contribution is 2.13. The molecular weight excluding hydrogens is 252 g/mol. The maximum atomic E-state index is 12.1. The van der Waals surface area contributed by atoms with Gasteiger partial charge in [0.05, 0.1) is 0 Å². The van der Waals surface area contributed by atoms with E-state index in [9.17, 15) is 4.79 Å². The van der Waals surface area contributed by atoms with Gasteiger partial charge in [-0.1, -0.05) is 17.9 Å². The largest absolute Gasteiger partial charge is 0.384 e. The Balaban J connectivity index is 1.92. The summed E-state index contributed by atoms with van der Waals surface area (Å²) >= 11 is 0. The number of nitrogens with zero attached hydrogens (tertiary/aromatic N) is 1. The molecule has 0 aromatic heterocycles. The Hall–Kier alpha value is -1.83. The quantitative estimate of drug-likeness (QED) is 0.797. The standard InChI is InChI=1S/C16H20N2O2/c1-18-8-7-14(12-18)11-17-16(20)15-6-2-4-13(10-15)5-3-9-19/h2,4,6,10,14,19H,7-9,11-12H2,1H3,(H,17,20). The van der Waals surface area contributed by atoms with E-state index in [1.54, 1.807) is 18.2 Å². The third-order valence-electron chi connectivity index (χ3n) is 3.48. The minimum atomic E-state index is -0.175. The second-order valence-electron chi connectivity index (χ2n) is 5.17. The van der Waals surface area contributed by atoms with E-state index in [2.05, 4.69) is 29.1 Å². The summed E-state index contributed by atoms with van der Waals surface area (Å²) < 4.78 is 0. The molecule has 1 aromatic carbocycles. The topological polar surface area (TPSA) is 52.6 Å². The maximum absolute atomic E-state index is 12.1. The fraction of sp³-hybridized carbons (Fsp3) is 0.438. The van der Waals surface area contributed by atoms with Crippen molar-refractivity contribution in [3.8, 4) is 11.8 Å². The fourth-order valence-corrected chi connectivity index (χ4v) is 2.41. The van der Waals surface area contributed by atoms with Crippen molar-refractivity contribution in [3.63, 3.8) is 0 Å². The molecule has 1 unspecified atom stereocenters. The van der Waals surface area contributed by atoms with Gasteiger partial charge in [-0.2, -0.15) is 0 Å². The van der Waals surface area contributed by atoms with E-state index in [1.807, 2.05) is 6.07 Å². The summed E-state index contributed by atoms with van der Waals surface area (Å²) in [5.41, 5.74) is 1.35. The third kappa shape index (κ3) is 4.09. The summed E-state index contributed by atoms with van der Waals surface area (Å²) in [6.45, 7) is 2.69. The summed E-state index contributed by atoms with van der Waals surface area (Å²) in [4.78, 5) is 14.4. The van der Waals surface area contributed by atoms with E-state index in [-0.39, 0.29) is 12.5 Å². The van der Waals surface area contributed by atoms with Crippen LogP contribution in [-0.4, -0.2) is 49.2 Å². The Morgan fingerprint density at radius 1 is 1.55 bits per heavy atom. The summed E-state index contributed by atoms with van der Waals surface area (Å²) in [5, 5.41) is 11.7. The van der Waals surface area contributed by atoms with Crippen LogP contribution in [0.3, 0.4) is 0 Å². The van der Waals surface area contributed by atoms with Gasteiger partial charge in [0, 0.05) is 24.2 Å². The van der Waals surface area contributed by atoms with E-state index in [1.165, 1.54) is 0 Å². The zero-order valence-corrected chi connectivity index (χ0v) is 11.7. The molecule has 2 N–H and O–H groups in total. The lowest BCUT2D eigenvalue weighted by Gasteiger charge is -2.11. The van der Waals surface area contributed by atoms with Crippen LogP contribution < -0.4 is 5.32 Å². The molecule has 4 heteroatoms. The minimum Gasteiger partial charge on any atom is -0.384 e. The van der Waals surface area contributed by atoms with Crippen molar-refractivity contribution in [3.05, 3.63) is 35.4 Å². The molecule has 0 aliphatic carbocycles. The number of aliphatic hydroxyl groups excluding tert-OH is 1. The van der Waals surface area contributed by atoms with Crippen LogP contribution in [0.1, 0.15) is 22.3 Å². The molecule has 1 saturated heterocycles. The Bertz CT molecular complexity index is 531. The van der Waals surface area contributed by atoms with E-state index < -0.39 is 0 Å². The minimum absolute atomic E-state index is 0.0628. The molecule has 0 bridgehead atoms. The lowest BCUT2D eigenvalue weighted by molar-refractivity contribution is 0.0947. The van der Waals surface area contributed by atoms with Crippen molar-refractivity contribution in [2.24, 2.45) is 5.92 Å². The van der Waals surface area contributed by atoms with Gasteiger partial charge in [-0.25, -0.2) is 0 Å². The van der Waals surface area contributed by atoms with Crippen LogP contribution in [0.25, 0.3) is 0 Å². The van der Waals surface area contributed by atoms with E-state index in [0.717, 1.165) is 31.6 Å². The highest BCUT2D eigenvalue weighted by molar-refractivity contribution is 5.94. The molecule has 1 amide bonds. The molecule has 106 valence electrons. The molecule has 1 fully saturated rings. The molecule has 2 rings (SSSR count). The zero-order chi connectivity index (χ0) is 14.4. The van der Waals surface area contributed by atoms with Crippen molar-refractivity contribution in [1.29, 1.82) is 0 Å². The van der Waals surface area contributed by atoms with Crippen LogP contribution in [0.15, 0.2) is 24.3 Å². The summed E-state index contributed by atoms with van der Waals surface area (Å²) in [5.74, 6) is 5.87. The molecular formula is C16H20N2O2. The van der Waals surface area contributed by atoms with Gasteiger partial charge in [-0.15, -0.1) is 0 Å². The Morgan fingerprint density at radius 3 is 3.10 bits per heavy atom. The first kappa shape index (κ1) is 14.6. The Kier molecular flexibility index (Phi) is 5.16. The van der Waals surface area contributed by atoms with Crippen LogP contribution in [0.2, 0.25) is 0 Å². The smallest absolute Gasteiger partial charge is 0.251 e. The van der Waals surface area contributed by atoms with Crippen LogP contribution in [0.4, 0.5) is 0 Å². The number of amides is 1. The van der Waals surface area contributed by atoms with Crippen molar-refractivity contribution < 1.29 is 9.90 Å². The first-order valence-electron chi connectivity index (χ1n) is 6.85. The summed E-state index contributed by atoms with van der Waals surface area (Å²) in [6, 6.07) is 7.16. The first-order valence-corrected chi connectivity index (χ1v) is 6.85. The first-order chi connectivity index (χ1) is 9.69. The van der Waals surface area contributed by atoms with E-state index in [4.69, 9.17) is 5.11 Å². The second kappa shape index (κ2) is 7.09. The zero-order valence-electron chi connectivity index (χ0n) is 11.7. The maximum Gasteiger partial charge on any atom is 0.251 e. The highest BCUT2D eigenvalue weighted by Gasteiger charge is 2.19.